The normalized spacial score (nSPS) is 19.3. The number of nitrogens with one attached hydrogen (secondary N) is 1. The third-order valence-corrected chi connectivity index (χ3v) is 3.44. The number of rotatable bonds is 7. The van der Waals surface area contributed by atoms with Gasteiger partial charge in [-0.05, 0) is 44.4 Å². The number of Topliss-reactive ketones (excluding diaryl/α,β-unsaturated/α-hetero) is 1. The second kappa shape index (κ2) is 8.02. The summed E-state index contributed by atoms with van der Waals surface area (Å²) in [5.74, 6) is -0.0450. The van der Waals surface area contributed by atoms with Crippen molar-refractivity contribution in [2.75, 3.05) is 19.8 Å². The standard InChI is InChI=1S/C15H22N2O2/c18-15(14-8-2-4-10-17-14)12-19-11-5-7-13-6-1-3-9-16-13/h2,4,8,10,13,16H,1,3,5-7,9,11-12H2. The zero-order chi connectivity index (χ0) is 13.3. The Kier molecular flexibility index (Phi) is 5.98. The lowest BCUT2D eigenvalue weighted by molar-refractivity contribution is 0.0743. The minimum absolute atomic E-state index is 0.0450. The fourth-order valence-electron chi connectivity index (χ4n) is 2.37. The van der Waals surface area contributed by atoms with Crippen LogP contribution in [0.25, 0.3) is 0 Å². The van der Waals surface area contributed by atoms with E-state index in [0.29, 0.717) is 18.3 Å². The quantitative estimate of drug-likeness (QED) is 0.604. The molecule has 0 radical (unpaired) electrons. The Labute approximate surface area is 114 Å². The number of aromatic nitrogens is 1. The number of piperidine rings is 1. The monoisotopic (exact) mass is 262 g/mol. The number of hydrogen-bond donors (Lipinski definition) is 1. The molecule has 1 aliphatic rings. The molecule has 1 N–H and O–H groups in total. The Morgan fingerprint density at radius 1 is 1.42 bits per heavy atom. The molecule has 1 aliphatic heterocycles. The molecule has 1 fully saturated rings. The highest BCUT2D eigenvalue weighted by Crippen LogP contribution is 2.11. The van der Waals surface area contributed by atoms with Gasteiger partial charge in [0.25, 0.3) is 0 Å². The van der Waals surface area contributed by atoms with Crippen molar-refractivity contribution in [3.8, 4) is 0 Å². The number of nitrogens with zero attached hydrogens (tertiary/aromatic N) is 1. The first kappa shape index (κ1) is 14.2. The van der Waals surface area contributed by atoms with E-state index in [4.69, 9.17) is 4.74 Å². The zero-order valence-electron chi connectivity index (χ0n) is 11.3. The fourth-order valence-corrected chi connectivity index (χ4v) is 2.37. The molecule has 0 saturated carbocycles. The third-order valence-electron chi connectivity index (χ3n) is 3.44. The molecule has 0 aliphatic carbocycles. The Morgan fingerprint density at radius 2 is 2.37 bits per heavy atom. The Balaban J connectivity index is 1.55. The summed E-state index contributed by atoms with van der Waals surface area (Å²) in [5.41, 5.74) is 0.483. The fraction of sp³-hybridized carbons (Fsp3) is 0.600. The van der Waals surface area contributed by atoms with Crippen molar-refractivity contribution in [3.05, 3.63) is 30.1 Å². The van der Waals surface area contributed by atoms with Crippen molar-refractivity contribution in [1.29, 1.82) is 0 Å². The highest BCUT2D eigenvalue weighted by molar-refractivity contribution is 5.95. The zero-order valence-corrected chi connectivity index (χ0v) is 11.3. The molecule has 1 atom stereocenters. The highest BCUT2D eigenvalue weighted by atomic mass is 16.5. The molecular formula is C15H22N2O2. The predicted molar refractivity (Wildman–Crippen MR) is 74.3 cm³/mol. The molecule has 4 heteroatoms. The molecule has 4 nitrogen and oxygen atoms in total. The van der Waals surface area contributed by atoms with E-state index in [9.17, 15) is 4.79 Å². The first-order valence-electron chi connectivity index (χ1n) is 7.11. The van der Waals surface area contributed by atoms with Crippen LogP contribution in [0.15, 0.2) is 24.4 Å². The highest BCUT2D eigenvalue weighted by Gasteiger charge is 2.12. The van der Waals surface area contributed by atoms with Crippen LogP contribution in [-0.2, 0) is 4.74 Å². The van der Waals surface area contributed by atoms with Crippen LogP contribution in [0.5, 0.6) is 0 Å². The second-order valence-corrected chi connectivity index (χ2v) is 4.98. The molecule has 1 aromatic heterocycles. The first-order chi connectivity index (χ1) is 9.36. The van der Waals surface area contributed by atoms with E-state index in [0.717, 1.165) is 19.4 Å². The van der Waals surface area contributed by atoms with Gasteiger partial charge in [-0.1, -0.05) is 12.5 Å². The third kappa shape index (κ3) is 5.09. The summed E-state index contributed by atoms with van der Waals surface area (Å²) >= 11 is 0. The van der Waals surface area contributed by atoms with Crippen LogP contribution >= 0.6 is 0 Å². The molecule has 0 amide bonds. The van der Waals surface area contributed by atoms with Gasteiger partial charge >= 0.3 is 0 Å². The Bertz CT molecular complexity index is 375. The molecule has 0 spiro atoms. The van der Waals surface area contributed by atoms with Gasteiger partial charge in [-0.3, -0.25) is 9.78 Å². The average molecular weight is 262 g/mol. The maximum atomic E-state index is 11.7. The smallest absolute Gasteiger partial charge is 0.206 e. The summed E-state index contributed by atoms with van der Waals surface area (Å²) in [5, 5.41) is 3.51. The van der Waals surface area contributed by atoms with Gasteiger partial charge < -0.3 is 10.1 Å². The van der Waals surface area contributed by atoms with Crippen LogP contribution in [0, 0.1) is 0 Å². The van der Waals surface area contributed by atoms with E-state index >= 15 is 0 Å². The lowest BCUT2D eigenvalue weighted by atomic mass is 10.0. The van der Waals surface area contributed by atoms with Crippen LogP contribution in [0.2, 0.25) is 0 Å². The van der Waals surface area contributed by atoms with Crippen LogP contribution in [0.1, 0.15) is 42.6 Å². The molecular weight excluding hydrogens is 240 g/mol. The largest absolute Gasteiger partial charge is 0.373 e. The van der Waals surface area contributed by atoms with Crippen molar-refractivity contribution >= 4 is 5.78 Å². The molecule has 19 heavy (non-hydrogen) atoms. The summed E-state index contributed by atoms with van der Waals surface area (Å²) in [6.45, 7) is 1.93. The lowest BCUT2D eigenvalue weighted by Crippen LogP contribution is -2.34. The van der Waals surface area contributed by atoms with Gasteiger partial charge in [0, 0.05) is 18.8 Å². The predicted octanol–water partition coefficient (Wildman–Crippen LogP) is 2.20. The second-order valence-electron chi connectivity index (χ2n) is 4.98. The average Bonchev–Trinajstić information content (AvgIpc) is 2.49. The molecule has 1 unspecified atom stereocenters. The van der Waals surface area contributed by atoms with E-state index < -0.39 is 0 Å². The van der Waals surface area contributed by atoms with Crippen LogP contribution in [0.3, 0.4) is 0 Å². The summed E-state index contributed by atoms with van der Waals surface area (Å²) < 4.78 is 5.42. The van der Waals surface area contributed by atoms with Crippen LogP contribution < -0.4 is 5.32 Å². The SMILES string of the molecule is O=C(COCCCC1CCCCN1)c1ccccn1. The van der Waals surface area contributed by atoms with E-state index in [2.05, 4.69) is 10.3 Å². The number of pyridine rings is 1. The number of ether oxygens (including phenoxy) is 1. The molecule has 2 heterocycles. The molecule has 1 saturated heterocycles. The number of carbonyl (C=O) groups excluding carboxylic acids is 1. The summed E-state index contributed by atoms with van der Waals surface area (Å²) in [4.78, 5) is 15.7. The van der Waals surface area contributed by atoms with Crippen molar-refractivity contribution < 1.29 is 9.53 Å². The Morgan fingerprint density at radius 3 is 3.11 bits per heavy atom. The summed E-state index contributed by atoms with van der Waals surface area (Å²) in [7, 11) is 0. The number of carbonyl (C=O) groups is 1. The van der Waals surface area contributed by atoms with E-state index in [1.807, 2.05) is 6.07 Å². The number of ketones is 1. The molecule has 0 bridgehead atoms. The minimum Gasteiger partial charge on any atom is -0.373 e. The van der Waals surface area contributed by atoms with Gasteiger partial charge in [-0.15, -0.1) is 0 Å². The van der Waals surface area contributed by atoms with Gasteiger partial charge in [0.05, 0.1) is 0 Å². The molecule has 2 rings (SSSR count). The van der Waals surface area contributed by atoms with E-state index in [1.54, 1.807) is 18.3 Å². The van der Waals surface area contributed by atoms with Crippen LogP contribution in [0.4, 0.5) is 0 Å². The minimum atomic E-state index is -0.0450. The maximum Gasteiger partial charge on any atom is 0.206 e. The van der Waals surface area contributed by atoms with Crippen LogP contribution in [-0.4, -0.2) is 36.6 Å². The molecule has 1 aromatic rings. The molecule has 0 aromatic carbocycles. The Hall–Kier alpha value is -1.26. The lowest BCUT2D eigenvalue weighted by Gasteiger charge is -2.23. The van der Waals surface area contributed by atoms with Gasteiger partial charge in [-0.2, -0.15) is 0 Å². The van der Waals surface area contributed by atoms with E-state index in [1.165, 1.54) is 19.3 Å². The molecule has 104 valence electrons. The van der Waals surface area contributed by atoms with Crippen molar-refractivity contribution in [3.63, 3.8) is 0 Å². The van der Waals surface area contributed by atoms with Gasteiger partial charge in [0.2, 0.25) is 5.78 Å². The summed E-state index contributed by atoms with van der Waals surface area (Å²) in [6.07, 6.45) is 7.67. The van der Waals surface area contributed by atoms with Crippen molar-refractivity contribution in [1.82, 2.24) is 10.3 Å². The maximum absolute atomic E-state index is 11.7. The van der Waals surface area contributed by atoms with Gasteiger partial charge in [-0.25, -0.2) is 0 Å². The first-order valence-corrected chi connectivity index (χ1v) is 7.11. The van der Waals surface area contributed by atoms with Crippen molar-refractivity contribution in [2.45, 2.75) is 38.1 Å². The number of hydrogen-bond acceptors (Lipinski definition) is 4. The van der Waals surface area contributed by atoms with Gasteiger partial charge in [0.15, 0.2) is 0 Å². The van der Waals surface area contributed by atoms with E-state index in [-0.39, 0.29) is 12.4 Å². The van der Waals surface area contributed by atoms with Gasteiger partial charge in [0.1, 0.15) is 12.3 Å². The summed E-state index contributed by atoms with van der Waals surface area (Å²) in [6, 6.07) is 5.98. The van der Waals surface area contributed by atoms with Crippen molar-refractivity contribution in [2.24, 2.45) is 0 Å². The topological polar surface area (TPSA) is 51.2 Å².